The van der Waals surface area contributed by atoms with E-state index in [4.69, 9.17) is 13.8 Å². The zero-order chi connectivity index (χ0) is 49.2. The van der Waals surface area contributed by atoms with E-state index in [1.54, 1.807) is 12.3 Å². The number of anilines is 4. The quantitative estimate of drug-likeness (QED) is 0.142. The van der Waals surface area contributed by atoms with Gasteiger partial charge >= 0.3 is 0 Å². The fourth-order valence-corrected chi connectivity index (χ4v) is 9.26. The number of aromatic nitrogens is 2. The van der Waals surface area contributed by atoms with Crippen molar-refractivity contribution >= 4 is 44.6 Å². The molecule has 2 aromatic heterocycles. The molecule has 11 rings (SSSR count). The molecule has 5 nitrogen and oxygen atoms in total. The zero-order valence-electron chi connectivity index (χ0n) is 42.5. The molecule has 0 saturated heterocycles. The molecular weight excluding hydrogens is 1020 g/mol. The van der Waals surface area contributed by atoms with E-state index in [-0.39, 0.29) is 37.5 Å². The molecule has 1 aliphatic heterocycles. The molecule has 69 heavy (non-hydrogen) atoms. The van der Waals surface area contributed by atoms with E-state index in [2.05, 4.69) is 161 Å². The molecule has 0 radical (unpaired) electrons. The molecule has 0 saturated carbocycles. The fraction of sp³-hybridized carbons (Fsp3) is 0.143. The van der Waals surface area contributed by atoms with Crippen LogP contribution < -0.4 is 14.5 Å². The molecule has 344 valence electrons. The predicted molar refractivity (Wildman–Crippen MR) is 283 cm³/mol. The topological polar surface area (TPSA) is 33.5 Å². The van der Waals surface area contributed by atoms with Gasteiger partial charge in [-0.05, 0) is 92.3 Å². The third kappa shape index (κ3) is 8.66. The molecule has 8 aromatic carbocycles. The van der Waals surface area contributed by atoms with Gasteiger partial charge in [-0.3, -0.25) is 0 Å². The Labute approximate surface area is 425 Å². The van der Waals surface area contributed by atoms with Gasteiger partial charge in [0.05, 0.1) is 0 Å². The summed E-state index contributed by atoms with van der Waals surface area (Å²) in [6.45, 7) is 13.4. The summed E-state index contributed by atoms with van der Waals surface area (Å²) in [5.41, 5.74) is 14.0. The van der Waals surface area contributed by atoms with Crippen LogP contribution >= 0.6 is 0 Å². The minimum atomic E-state index is -2.41. The maximum Gasteiger partial charge on any atom is 0.135 e. The number of aryl methyl sites for hydroxylation is 1. The van der Waals surface area contributed by atoms with E-state index >= 15 is 0 Å². The molecule has 10 aromatic rings. The van der Waals surface area contributed by atoms with Gasteiger partial charge in [0.2, 0.25) is 0 Å². The molecule has 0 unspecified atom stereocenters. The van der Waals surface area contributed by atoms with Gasteiger partial charge in [-0.25, -0.2) is 4.98 Å². The van der Waals surface area contributed by atoms with Gasteiger partial charge in [-0.1, -0.05) is 168 Å². The average molecular weight is 1080 g/mol. The van der Waals surface area contributed by atoms with Crippen LogP contribution in [0.25, 0.3) is 61.0 Å². The third-order valence-electron chi connectivity index (χ3n) is 13.0. The molecule has 1 aliphatic rings. The number of fused-ring (bicyclic) bond motifs is 4. The molecule has 0 bridgehead atoms. The predicted octanol–water partition coefficient (Wildman–Crippen LogP) is 16.9. The summed E-state index contributed by atoms with van der Waals surface area (Å²) in [7, 11) is 0. The first-order chi connectivity index (χ1) is 34.1. The van der Waals surface area contributed by atoms with Crippen LogP contribution in [0.5, 0.6) is 11.5 Å². The van der Waals surface area contributed by atoms with Gasteiger partial charge < -0.3 is 19.1 Å². The number of pyridine rings is 1. The van der Waals surface area contributed by atoms with Crippen LogP contribution in [0.3, 0.4) is 0 Å². The van der Waals surface area contributed by atoms with Gasteiger partial charge in [-0.15, -0.1) is 48.1 Å². The second-order valence-electron chi connectivity index (χ2n) is 19.6. The largest absolute Gasteiger partial charge is 0.509 e. The zero-order valence-corrected chi connectivity index (χ0v) is 41.8. The van der Waals surface area contributed by atoms with E-state index in [0.717, 1.165) is 66.9 Å². The van der Waals surface area contributed by atoms with Crippen molar-refractivity contribution in [2.45, 2.75) is 59.2 Å². The fourth-order valence-electron chi connectivity index (χ4n) is 9.26. The van der Waals surface area contributed by atoms with Crippen LogP contribution in [0.4, 0.5) is 22.7 Å². The van der Waals surface area contributed by atoms with Crippen LogP contribution in [0.15, 0.2) is 188 Å². The smallest absolute Gasteiger partial charge is 0.135 e. The Morgan fingerprint density at radius 2 is 1.17 bits per heavy atom. The maximum absolute atomic E-state index is 8.69. The van der Waals surface area contributed by atoms with Crippen molar-refractivity contribution in [2.75, 3.05) is 9.80 Å². The van der Waals surface area contributed by atoms with Crippen molar-refractivity contribution < 1.29 is 29.9 Å². The SMILES string of the molecule is [2H]C([2H])([2H])c1cc(-n2c3[c-]c(Oc4[c-]c(N5[CH-]N(c6cc(C(C)(C)C)cc(C(C)(C)C)c6)c6c(-c7ccccc7)cccc65)ccc4)ccc3c3ccccc32)ncc1-c1ccc(-c2ccccc2)cc1.[Pt]. The van der Waals surface area contributed by atoms with Gasteiger partial charge in [0.15, 0.2) is 0 Å². The molecule has 3 heterocycles. The molecule has 0 atom stereocenters. The van der Waals surface area contributed by atoms with Crippen molar-refractivity contribution in [1.82, 2.24) is 9.55 Å². The Morgan fingerprint density at radius 1 is 0.551 bits per heavy atom. The number of hydrogen-bond donors (Lipinski definition) is 0. The van der Waals surface area contributed by atoms with Gasteiger partial charge in [0.1, 0.15) is 5.82 Å². The Hall–Kier alpha value is -7.20. The first-order valence-corrected chi connectivity index (χ1v) is 23.2. The maximum atomic E-state index is 8.69. The first kappa shape index (κ1) is 41.9. The summed E-state index contributed by atoms with van der Waals surface area (Å²) in [6.07, 6.45) is 1.68. The standard InChI is InChI=1S/C63H53N4O.Pt/c1-42-34-60(64-40-56(42)46-30-28-44(29-31-46)43-18-10-8-11-19-43)67-57-26-15-14-24-54(57)55-33-32-52(39-59(55)67)68-51-23-16-22-49(38-51)65-41-66(50-36-47(62(2,3)4)35-48(37-50)63(5,6)7)61-53(25-17-27-58(61)65)45-20-12-9-13-21-45;/h8-37,40-41H,1-7H3;/q-3;/i1D3;. The number of nitrogens with zero attached hydrogens (tertiary/aromatic N) is 4. The first-order valence-electron chi connectivity index (χ1n) is 24.7. The van der Waals surface area contributed by atoms with E-state index in [1.807, 2.05) is 89.5 Å². The number of hydrogen-bond acceptors (Lipinski definition) is 4. The molecule has 6 heteroatoms. The van der Waals surface area contributed by atoms with E-state index in [1.165, 1.54) is 11.1 Å². The van der Waals surface area contributed by atoms with Crippen LogP contribution in [0.1, 0.15) is 62.3 Å². The number of rotatable bonds is 8. The van der Waals surface area contributed by atoms with Gasteiger partial charge in [0.25, 0.3) is 0 Å². The Balaban J connectivity index is 0.00000596. The average Bonchev–Trinajstić information content (AvgIpc) is 3.92. The molecule has 0 spiro atoms. The molecular formula is C63H53N4OPt-3. The van der Waals surface area contributed by atoms with Gasteiger partial charge in [-0.2, -0.15) is 12.1 Å². The summed E-state index contributed by atoms with van der Waals surface area (Å²) in [5, 5.41) is 1.92. The minimum absolute atomic E-state index is 0. The molecule has 0 aliphatic carbocycles. The van der Waals surface area contributed by atoms with Crippen LogP contribution in [0, 0.1) is 25.7 Å². The van der Waals surface area contributed by atoms with Crippen molar-refractivity contribution in [3.05, 3.63) is 224 Å². The van der Waals surface area contributed by atoms with Crippen molar-refractivity contribution in [3.63, 3.8) is 0 Å². The van der Waals surface area contributed by atoms with Crippen molar-refractivity contribution in [2.24, 2.45) is 0 Å². The Bertz CT molecular complexity index is 3580. The van der Waals surface area contributed by atoms with Crippen molar-refractivity contribution in [1.29, 1.82) is 0 Å². The number of ether oxygens (including phenoxy) is 1. The summed E-state index contributed by atoms with van der Waals surface area (Å²) in [5.74, 6) is 1.47. The van der Waals surface area contributed by atoms with Gasteiger partial charge in [0, 0.05) is 76.6 Å². The second kappa shape index (κ2) is 18.0. The second-order valence-corrected chi connectivity index (χ2v) is 19.6. The summed E-state index contributed by atoms with van der Waals surface area (Å²) in [4.78, 5) is 9.47. The normalized spacial score (nSPS) is 13.4. The number of para-hydroxylation sites is 2. The summed E-state index contributed by atoms with van der Waals surface area (Å²) in [6, 6.07) is 69.0. The number of benzene rings is 8. The van der Waals surface area contributed by atoms with E-state index < -0.39 is 6.85 Å². The van der Waals surface area contributed by atoms with Crippen LogP contribution in [-0.4, -0.2) is 9.55 Å². The van der Waals surface area contributed by atoms with Crippen LogP contribution in [-0.2, 0) is 31.9 Å². The Kier molecular flexibility index (Phi) is 11.0. The third-order valence-corrected chi connectivity index (χ3v) is 13.0. The van der Waals surface area contributed by atoms with Crippen molar-refractivity contribution in [3.8, 4) is 50.7 Å². The monoisotopic (exact) mass is 1080 g/mol. The summed E-state index contributed by atoms with van der Waals surface area (Å²) < 4.78 is 34.7. The molecule has 0 amide bonds. The minimum Gasteiger partial charge on any atom is -0.509 e. The molecule has 0 fully saturated rings. The Morgan fingerprint density at radius 3 is 1.88 bits per heavy atom. The van der Waals surface area contributed by atoms with E-state index in [0.29, 0.717) is 28.4 Å². The summed E-state index contributed by atoms with van der Waals surface area (Å²) >= 11 is 0. The van der Waals surface area contributed by atoms with E-state index in [9.17, 15) is 0 Å². The van der Waals surface area contributed by atoms with Crippen LogP contribution in [0.2, 0.25) is 0 Å². The molecule has 0 N–H and O–H groups in total.